The Kier molecular flexibility index (Phi) is 1.67. The maximum Gasteiger partial charge on any atom is 0.278 e. The molecule has 0 aliphatic rings. The quantitative estimate of drug-likeness (QED) is 0.481. The van der Waals surface area contributed by atoms with Crippen molar-refractivity contribution in [3.63, 3.8) is 0 Å². The number of hydrogen-bond acceptors (Lipinski definition) is 0. The van der Waals surface area contributed by atoms with E-state index in [1.807, 2.05) is 0 Å². The van der Waals surface area contributed by atoms with E-state index in [1.165, 1.54) is 0 Å². The van der Waals surface area contributed by atoms with Gasteiger partial charge in [-0.15, -0.1) is 0 Å². The second kappa shape index (κ2) is 1.72. The molecule has 3 heteroatoms. The van der Waals surface area contributed by atoms with Crippen molar-refractivity contribution in [2.75, 3.05) is 0 Å². The number of hydrogen-bond donors (Lipinski definition) is 0. The molecule has 2 radical (unpaired) electrons. The fraction of sp³-hybridized carbons (Fsp3) is 0.500. The van der Waals surface area contributed by atoms with Gasteiger partial charge in [0.1, 0.15) is 0 Å². The van der Waals surface area contributed by atoms with E-state index >= 15 is 0 Å². The predicted octanol–water partition coefficient (Wildman–Crippen LogP) is 1.63. The van der Waals surface area contributed by atoms with Crippen LogP contribution in [0.15, 0.2) is 0 Å². The maximum absolute atomic E-state index is 11.3. The van der Waals surface area contributed by atoms with E-state index in [2.05, 4.69) is 13.8 Å². The first-order valence-electron chi connectivity index (χ1n) is 1.65. The van der Waals surface area contributed by atoms with Gasteiger partial charge in [0.05, 0.1) is 0 Å². The third kappa shape index (κ3) is 2.48. The van der Waals surface area contributed by atoms with E-state index in [4.69, 9.17) is 0 Å². The molecule has 0 heterocycles. The normalized spacial score (nSPS) is 16.7. The fourth-order valence-corrected chi connectivity index (χ4v) is 0. The number of halogens is 3. The smallest absolute Gasteiger partial charge is 0.241 e. The molecule has 0 aliphatic carbocycles. The van der Waals surface area contributed by atoms with Crippen molar-refractivity contribution in [3.05, 3.63) is 13.8 Å². The van der Waals surface area contributed by atoms with Crippen molar-refractivity contribution < 1.29 is 13.2 Å². The first-order chi connectivity index (χ1) is 2.94. The van der Waals surface area contributed by atoms with Gasteiger partial charge in [-0.2, -0.15) is 0 Å². The van der Waals surface area contributed by atoms with Crippen LogP contribution >= 0.6 is 0 Å². The summed E-state index contributed by atoms with van der Waals surface area (Å²) in [6.07, 6.45) is -2.40. The number of rotatable bonds is 1. The molecule has 0 saturated heterocycles. The van der Waals surface area contributed by atoms with Gasteiger partial charge in [0.25, 0.3) is 5.92 Å². The molecule has 0 aromatic heterocycles. The molecule has 0 aromatic carbocycles. The molecule has 0 saturated carbocycles. The molecule has 0 aromatic rings. The molecule has 0 aliphatic heterocycles. The van der Waals surface area contributed by atoms with Gasteiger partial charge in [-0.25, -0.2) is 13.2 Å². The van der Waals surface area contributed by atoms with Crippen LogP contribution in [0.4, 0.5) is 13.2 Å². The van der Waals surface area contributed by atoms with Crippen molar-refractivity contribution in [3.8, 4) is 0 Å². The minimum Gasteiger partial charge on any atom is -0.241 e. The van der Waals surface area contributed by atoms with E-state index in [1.54, 1.807) is 0 Å². The molecule has 0 N–H and O–H groups in total. The molecule has 0 fully saturated rings. The second-order valence-electron chi connectivity index (χ2n) is 1.23. The summed E-state index contributed by atoms with van der Waals surface area (Å²) in [5.41, 5.74) is 0. The summed E-state index contributed by atoms with van der Waals surface area (Å²) in [5, 5.41) is 0. The summed E-state index contributed by atoms with van der Waals surface area (Å²) >= 11 is 0. The minimum absolute atomic E-state index is 2.20. The second-order valence-corrected chi connectivity index (χ2v) is 1.23. The Balaban J connectivity index is 3.54. The average Bonchev–Trinajstić information content (AvgIpc) is 1.31. The van der Waals surface area contributed by atoms with Gasteiger partial charge in [-0.3, -0.25) is 0 Å². The molecule has 0 amide bonds. The zero-order chi connectivity index (χ0) is 6.08. The van der Waals surface area contributed by atoms with Crippen LogP contribution in [0.25, 0.3) is 0 Å². The van der Waals surface area contributed by atoms with E-state index < -0.39 is 12.1 Å². The zero-order valence-corrected chi connectivity index (χ0v) is 3.63. The van der Waals surface area contributed by atoms with Gasteiger partial charge in [0.15, 0.2) is 6.17 Å². The van der Waals surface area contributed by atoms with Crippen LogP contribution in [0.3, 0.4) is 0 Å². The zero-order valence-electron chi connectivity index (χ0n) is 3.63. The summed E-state index contributed by atoms with van der Waals surface area (Å²) in [4.78, 5) is 0. The first-order valence-corrected chi connectivity index (χ1v) is 1.65. The highest BCUT2D eigenvalue weighted by molar-refractivity contribution is 4.80. The third-order valence-electron chi connectivity index (χ3n) is 0.458. The summed E-state index contributed by atoms with van der Waals surface area (Å²) in [5.74, 6) is -3.53. The molecule has 1 atom stereocenters. The largest absolute Gasteiger partial charge is 0.278 e. The maximum atomic E-state index is 11.3. The fourth-order valence-electron chi connectivity index (χ4n) is 0. The Morgan fingerprint density at radius 2 is 1.57 bits per heavy atom. The Hall–Kier alpha value is -0.210. The van der Waals surface area contributed by atoms with E-state index in [0.717, 1.165) is 0 Å². The van der Waals surface area contributed by atoms with Gasteiger partial charge >= 0.3 is 0 Å². The monoisotopic (exact) mass is 110 g/mol. The van der Waals surface area contributed by atoms with Crippen LogP contribution in [0.5, 0.6) is 0 Å². The van der Waals surface area contributed by atoms with Crippen molar-refractivity contribution in [2.45, 2.75) is 12.1 Å². The summed E-state index contributed by atoms with van der Waals surface area (Å²) in [7, 11) is 0. The lowest BCUT2D eigenvalue weighted by Crippen LogP contribution is -2.22. The molecule has 0 nitrogen and oxygen atoms in total. The Morgan fingerprint density at radius 1 is 1.43 bits per heavy atom. The average molecular weight is 110 g/mol. The molecular formula is C4H5F3. The lowest BCUT2D eigenvalue weighted by Gasteiger charge is -2.08. The molecule has 42 valence electrons. The van der Waals surface area contributed by atoms with Crippen molar-refractivity contribution >= 4 is 0 Å². The van der Waals surface area contributed by atoms with E-state index in [-0.39, 0.29) is 0 Å². The Labute approximate surface area is 40.3 Å². The van der Waals surface area contributed by atoms with Gasteiger partial charge in [0.2, 0.25) is 0 Å². The molecule has 0 rings (SSSR count). The van der Waals surface area contributed by atoms with Crippen LogP contribution in [0.2, 0.25) is 0 Å². The topological polar surface area (TPSA) is 0 Å². The molecule has 0 bridgehead atoms. The summed E-state index contributed by atoms with van der Waals surface area (Å²) < 4.78 is 33.9. The van der Waals surface area contributed by atoms with Crippen LogP contribution in [-0.4, -0.2) is 12.1 Å². The van der Waals surface area contributed by atoms with Gasteiger partial charge in [-0.1, -0.05) is 0 Å². The highest BCUT2D eigenvalue weighted by Crippen LogP contribution is 2.17. The SMILES string of the molecule is [CH2]C(F)C([CH2])(F)F. The molecule has 0 spiro atoms. The van der Waals surface area contributed by atoms with Crippen molar-refractivity contribution in [1.82, 2.24) is 0 Å². The lowest BCUT2D eigenvalue weighted by atomic mass is 10.3. The van der Waals surface area contributed by atoms with E-state index in [0.29, 0.717) is 0 Å². The minimum atomic E-state index is -3.53. The van der Waals surface area contributed by atoms with E-state index in [9.17, 15) is 13.2 Å². The molecule has 1 unspecified atom stereocenters. The predicted molar refractivity (Wildman–Crippen MR) is 20.6 cm³/mol. The summed E-state index contributed by atoms with van der Waals surface area (Å²) in [6.45, 7) is 4.63. The Morgan fingerprint density at radius 3 is 1.57 bits per heavy atom. The first kappa shape index (κ1) is 6.79. The number of alkyl halides is 3. The van der Waals surface area contributed by atoms with Crippen LogP contribution < -0.4 is 0 Å². The standard InChI is InChI=1S/C4H5F3/c1-3(5)4(2,6)7/h3H,1-2H2. The van der Waals surface area contributed by atoms with Crippen LogP contribution in [0, 0.1) is 13.8 Å². The Bertz CT molecular complexity index is 52.4. The molecular weight excluding hydrogens is 105 g/mol. The van der Waals surface area contributed by atoms with Gasteiger partial charge in [0, 0.05) is 6.92 Å². The van der Waals surface area contributed by atoms with Crippen molar-refractivity contribution in [2.24, 2.45) is 0 Å². The van der Waals surface area contributed by atoms with Crippen molar-refractivity contribution in [1.29, 1.82) is 0 Å². The third-order valence-corrected chi connectivity index (χ3v) is 0.458. The highest BCUT2D eigenvalue weighted by atomic mass is 19.3. The molecule has 7 heavy (non-hydrogen) atoms. The summed E-state index contributed by atoms with van der Waals surface area (Å²) in [6, 6.07) is 0. The van der Waals surface area contributed by atoms with Crippen LogP contribution in [-0.2, 0) is 0 Å². The van der Waals surface area contributed by atoms with Gasteiger partial charge < -0.3 is 0 Å². The highest BCUT2D eigenvalue weighted by Gasteiger charge is 2.29. The van der Waals surface area contributed by atoms with Crippen LogP contribution in [0.1, 0.15) is 0 Å². The lowest BCUT2D eigenvalue weighted by molar-refractivity contribution is -0.0103. The van der Waals surface area contributed by atoms with Gasteiger partial charge in [-0.05, 0) is 6.92 Å².